The van der Waals surface area contributed by atoms with Gasteiger partial charge in [0.2, 0.25) is 0 Å². The first-order chi connectivity index (χ1) is 15.0. The van der Waals surface area contributed by atoms with E-state index in [0.717, 1.165) is 34.6 Å². The van der Waals surface area contributed by atoms with Crippen molar-refractivity contribution in [1.29, 1.82) is 0 Å². The second-order valence-corrected chi connectivity index (χ2v) is 9.37. The molecule has 0 fully saturated rings. The third-order valence-corrected chi connectivity index (χ3v) is 6.77. The molecule has 0 saturated heterocycles. The number of benzene rings is 3. The summed E-state index contributed by atoms with van der Waals surface area (Å²) in [5.41, 5.74) is 3.78. The maximum Gasteiger partial charge on any atom is 0.335 e. The molecule has 7 heteroatoms. The lowest BCUT2D eigenvalue weighted by molar-refractivity contribution is 0.0696. The highest BCUT2D eigenvalue weighted by Gasteiger charge is 2.20. The molecule has 0 aliphatic heterocycles. The highest BCUT2D eigenvalue weighted by atomic mass is 35.5. The molecule has 0 aromatic heterocycles. The number of aliphatic hydroxyl groups is 1. The molecule has 4 nitrogen and oxygen atoms in total. The molecule has 3 aromatic rings. The van der Waals surface area contributed by atoms with Crippen molar-refractivity contribution in [2.45, 2.75) is 41.2 Å². The quantitative estimate of drug-likeness (QED) is 0.391. The van der Waals surface area contributed by atoms with E-state index in [2.05, 4.69) is 23.5 Å². The molecule has 0 amide bonds. The van der Waals surface area contributed by atoms with Gasteiger partial charge in [0.05, 0.1) is 11.7 Å². The van der Waals surface area contributed by atoms with Crippen LogP contribution in [0.5, 0.6) is 0 Å². The minimum absolute atomic E-state index is 0. The fourth-order valence-electron chi connectivity index (χ4n) is 3.91. The number of hydrogen-bond donors (Lipinski definition) is 3. The summed E-state index contributed by atoms with van der Waals surface area (Å²) in [6.45, 7) is 0.483. The van der Waals surface area contributed by atoms with Gasteiger partial charge >= 0.3 is 5.97 Å². The molecule has 2 atom stereocenters. The van der Waals surface area contributed by atoms with E-state index in [-0.39, 0.29) is 12.4 Å². The van der Waals surface area contributed by atoms with Crippen LogP contribution in [0, 0.1) is 0 Å². The number of aromatic carboxylic acids is 1. The predicted molar refractivity (Wildman–Crippen MR) is 131 cm³/mol. The zero-order valence-corrected chi connectivity index (χ0v) is 19.7. The molecule has 0 saturated carbocycles. The topological polar surface area (TPSA) is 69.6 Å². The minimum atomic E-state index is -0.915. The molecule has 3 N–H and O–H groups in total. The third kappa shape index (κ3) is 6.27. The SMILES string of the molecule is Cl.O=C(O)c1cccc(Sc2ccc3c(c2)C[C@@H](NC[C@H](O)c2cccc(Cl)c2)CC3)c1. The Morgan fingerprint density at radius 1 is 1.06 bits per heavy atom. The van der Waals surface area contributed by atoms with Gasteiger partial charge in [-0.2, -0.15) is 0 Å². The van der Waals surface area contributed by atoms with Crippen molar-refractivity contribution >= 4 is 41.7 Å². The summed E-state index contributed by atoms with van der Waals surface area (Å²) in [6, 6.07) is 21.1. The number of halogens is 2. The average molecular weight is 490 g/mol. The smallest absolute Gasteiger partial charge is 0.335 e. The summed E-state index contributed by atoms with van der Waals surface area (Å²) in [6.07, 6.45) is 2.34. The van der Waals surface area contributed by atoms with Crippen LogP contribution in [0.1, 0.15) is 39.6 Å². The summed E-state index contributed by atoms with van der Waals surface area (Å²) >= 11 is 7.60. The standard InChI is InChI=1S/C25H24ClNO3S.ClH/c26-20-5-1-3-17(11-20)24(28)15-27-21-9-7-16-8-10-23(14-19(16)12-21)31-22-6-2-4-18(13-22)25(29)30;/h1-6,8,10-11,13-14,21,24,27-28H,7,9,12,15H2,(H,29,30);1H/t21-,24-;/m0./s1. The molecule has 168 valence electrons. The highest BCUT2D eigenvalue weighted by Crippen LogP contribution is 2.32. The number of carbonyl (C=O) groups is 1. The van der Waals surface area contributed by atoms with E-state index >= 15 is 0 Å². The van der Waals surface area contributed by atoms with E-state index in [1.807, 2.05) is 18.2 Å². The van der Waals surface area contributed by atoms with Crippen molar-refractivity contribution in [3.63, 3.8) is 0 Å². The Balaban J connectivity index is 0.00000289. The number of carboxylic acid groups (broad SMARTS) is 1. The third-order valence-electron chi connectivity index (χ3n) is 5.56. The number of nitrogens with one attached hydrogen (secondary N) is 1. The van der Waals surface area contributed by atoms with E-state index in [1.165, 1.54) is 11.1 Å². The minimum Gasteiger partial charge on any atom is -0.478 e. The molecule has 0 bridgehead atoms. The number of carboxylic acids is 1. The van der Waals surface area contributed by atoms with Crippen molar-refractivity contribution < 1.29 is 15.0 Å². The summed E-state index contributed by atoms with van der Waals surface area (Å²) in [5, 5.41) is 23.8. The molecule has 0 heterocycles. The first kappa shape index (κ1) is 24.6. The van der Waals surface area contributed by atoms with Gasteiger partial charge in [0, 0.05) is 27.4 Å². The van der Waals surface area contributed by atoms with Crippen molar-refractivity contribution in [2.75, 3.05) is 6.54 Å². The van der Waals surface area contributed by atoms with Gasteiger partial charge in [-0.1, -0.05) is 47.6 Å². The Morgan fingerprint density at radius 3 is 2.62 bits per heavy atom. The number of aryl methyl sites for hydroxylation is 1. The van der Waals surface area contributed by atoms with E-state index < -0.39 is 12.1 Å². The van der Waals surface area contributed by atoms with E-state index in [1.54, 1.807) is 42.1 Å². The van der Waals surface area contributed by atoms with Crippen molar-refractivity contribution in [2.24, 2.45) is 0 Å². The van der Waals surface area contributed by atoms with Crippen molar-refractivity contribution in [3.8, 4) is 0 Å². The molecule has 0 unspecified atom stereocenters. The van der Waals surface area contributed by atoms with Gasteiger partial charge in [-0.05, 0) is 78.4 Å². The van der Waals surface area contributed by atoms with E-state index in [4.69, 9.17) is 11.6 Å². The van der Waals surface area contributed by atoms with Crippen LogP contribution >= 0.6 is 35.8 Å². The highest BCUT2D eigenvalue weighted by molar-refractivity contribution is 7.99. The zero-order chi connectivity index (χ0) is 21.8. The molecule has 1 aliphatic rings. The Kier molecular flexibility index (Phi) is 8.63. The van der Waals surface area contributed by atoms with Crippen LogP contribution < -0.4 is 5.32 Å². The molecule has 32 heavy (non-hydrogen) atoms. The fraction of sp³-hybridized carbons (Fsp3) is 0.240. The van der Waals surface area contributed by atoms with Gasteiger partial charge in [-0.15, -0.1) is 12.4 Å². The van der Waals surface area contributed by atoms with Crippen LogP contribution in [-0.4, -0.2) is 28.8 Å². The zero-order valence-electron chi connectivity index (χ0n) is 17.3. The number of fused-ring (bicyclic) bond motifs is 1. The Morgan fingerprint density at radius 2 is 1.84 bits per heavy atom. The second-order valence-electron chi connectivity index (χ2n) is 7.78. The van der Waals surface area contributed by atoms with Crippen LogP contribution in [-0.2, 0) is 12.8 Å². The van der Waals surface area contributed by atoms with Crippen LogP contribution in [0.3, 0.4) is 0 Å². The average Bonchev–Trinajstić information content (AvgIpc) is 2.77. The van der Waals surface area contributed by atoms with E-state index in [9.17, 15) is 15.0 Å². The largest absolute Gasteiger partial charge is 0.478 e. The molecule has 1 aliphatic carbocycles. The molecule has 4 rings (SSSR count). The summed E-state index contributed by atoms with van der Waals surface area (Å²) in [4.78, 5) is 13.2. The number of hydrogen-bond acceptors (Lipinski definition) is 4. The molecule has 0 spiro atoms. The summed E-state index contributed by atoms with van der Waals surface area (Å²) in [5.74, 6) is -0.915. The summed E-state index contributed by atoms with van der Waals surface area (Å²) < 4.78 is 0. The fourth-order valence-corrected chi connectivity index (χ4v) is 5.05. The molecule has 3 aromatic carbocycles. The lowest BCUT2D eigenvalue weighted by Gasteiger charge is -2.27. The Labute approximate surface area is 203 Å². The van der Waals surface area contributed by atoms with Gasteiger partial charge in [0.25, 0.3) is 0 Å². The number of aliphatic hydroxyl groups excluding tert-OH is 1. The van der Waals surface area contributed by atoms with Crippen LogP contribution in [0.15, 0.2) is 76.5 Å². The first-order valence-electron chi connectivity index (χ1n) is 10.3. The van der Waals surface area contributed by atoms with Crippen molar-refractivity contribution in [1.82, 2.24) is 5.32 Å². The van der Waals surface area contributed by atoms with Crippen molar-refractivity contribution in [3.05, 3.63) is 94.0 Å². The first-order valence-corrected chi connectivity index (χ1v) is 11.5. The van der Waals surface area contributed by atoms with Gasteiger partial charge in [-0.25, -0.2) is 4.79 Å². The summed E-state index contributed by atoms with van der Waals surface area (Å²) in [7, 11) is 0. The predicted octanol–water partition coefficient (Wildman–Crippen LogP) is 5.79. The molecular formula is C25H25Cl2NO3S. The molecule has 0 radical (unpaired) electrons. The van der Waals surface area contributed by atoms with Crippen LogP contribution in [0.4, 0.5) is 0 Å². The van der Waals surface area contributed by atoms with Crippen LogP contribution in [0.25, 0.3) is 0 Å². The Bertz CT molecular complexity index is 1090. The maximum absolute atomic E-state index is 11.2. The normalized spacial score (nSPS) is 16.0. The van der Waals surface area contributed by atoms with Gasteiger partial charge in [0.15, 0.2) is 0 Å². The lowest BCUT2D eigenvalue weighted by atomic mass is 9.88. The van der Waals surface area contributed by atoms with Gasteiger partial charge < -0.3 is 15.5 Å². The van der Waals surface area contributed by atoms with Gasteiger partial charge in [-0.3, -0.25) is 0 Å². The van der Waals surface area contributed by atoms with Crippen LogP contribution in [0.2, 0.25) is 5.02 Å². The second kappa shape index (κ2) is 11.2. The molecular weight excluding hydrogens is 465 g/mol. The lowest BCUT2D eigenvalue weighted by Crippen LogP contribution is -2.37. The maximum atomic E-state index is 11.2. The number of rotatable bonds is 7. The monoisotopic (exact) mass is 489 g/mol. The Hall–Kier alpha value is -2.02. The van der Waals surface area contributed by atoms with Gasteiger partial charge in [0.1, 0.15) is 0 Å². The van der Waals surface area contributed by atoms with E-state index in [0.29, 0.717) is 23.2 Å².